The quantitative estimate of drug-likeness (QED) is 0.706. The SMILES string of the molecule is Cc1nc(NCC(C)C)cc(NC(C)(C)CCN)n1. The van der Waals surface area contributed by atoms with Crippen molar-refractivity contribution in [2.24, 2.45) is 11.7 Å². The number of nitrogens with zero attached hydrogens (tertiary/aromatic N) is 2. The third kappa shape index (κ3) is 5.87. The Bertz CT molecular complexity index is 401. The molecule has 0 aliphatic carbocycles. The zero-order valence-corrected chi connectivity index (χ0v) is 12.7. The molecule has 0 aromatic carbocycles. The molecule has 4 N–H and O–H groups in total. The predicted octanol–water partition coefficient (Wildman–Crippen LogP) is 2.39. The van der Waals surface area contributed by atoms with Crippen molar-refractivity contribution in [2.45, 2.75) is 46.6 Å². The largest absolute Gasteiger partial charge is 0.370 e. The van der Waals surface area contributed by atoms with Gasteiger partial charge in [-0.15, -0.1) is 0 Å². The molecule has 0 bridgehead atoms. The summed E-state index contributed by atoms with van der Waals surface area (Å²) < 4.78 is 0. The lowest BCUT2D eigenvalue weighted by Gasteiger charge is -2.26. The third-order valence-corrected chi connectivity index (χ3v) is 2.77. The number of aryl methyl sites for hydroxylation is 1. The fourth-order valence-electron chi connectivity index (χ4n) is 1.80. The van der Waals surface area contributed by atoms with E-state index in [-0.39, 0.29) is 5.54 Å². The summed E-state index contributed by atoms with van der Waals surface area (Å²) >= 11 is 0. The van der Waals surface area contributed by atoms with E-state index in [9.17, 15) is 0 Å². The first-order valence-electron chi connectivity index (χ1n) is 6.90. The van der Waals surface area contributed by atoms with Crippen molar-refractivity contribution < 1.29 is 0 Å². The predicted molar refractivity (Wildman–Crippen MR) is 81.5 cm³/mol. The van der Waals surface area contributed by atoms with Crippen LogP contribution in [0.5, 0.6) is 0 Å². The van der Waals surface area contributed by atoms with Crippen LogP contribution in [0.15, 0.2) is 6.07 Å². The first-order valence-corrected chi connectivity index (χ1v) is 6.90. The van der Waals surface area contributed by atoms with Gasteiger partial charge in [-0.2, -0.15) is 0 Å². The first-order chi connectivity index (χ1) is 8.82. The van der Waals surface area contributed by atoms with Crippen molar-refractivity contribution in [1.82, 2.24) is 9.97 Å². The van der Waals surface area contributed by atoms with Crippen LogP contribution >= 0.6 is 0 Å². The molecule has 0 aliphatic heterocycles. The highest BCUT2D eigenvalue weighted by molar-refractivity contribution is 5.48. The molecule has 5 nitrogen and oxygen atoms in total. The second kappa shape index (κ2) is 6.70. The van der Waals surface area contributed by atoms with E-state index in [1.54, 1.807) is 0 Å². The molecule has 0 saturated heterocycles. The molecule has 0 aliphatic rings. The summed E-state index contributed by atoms with van der Waals surface area (Å²) in [5.41, 5.74) is 5.56. The maximum atomic E-state index is 5.62. The maximum Gasteiger partial charge on any atom is 0.132 e. The van der Waals surface area contributed by atoms with Crippen molar-refractivity contribution in [1.29, 1.82) is 0 Å². The van der Waals surface area contributed by atoms with Crippen molar-refractivity contribution >= 4 is 11.6 Å². The average molecular weight is 265 g/mol. The summed E-state index contributed by atoms with van der Waals surface area (Å²) in [6.07, 6.45) is 0.894. The Labute approximate surface area is 116 Å². The van der Waals surface area contributed by atoms with Gasteiger partial charge in [0.15, 0.2) is 0 Å². The number of anilines is 2. The Hall–Kier alpha value is -1.36. The zero-order chi connectivity index (χ0) is 14.5. The van der Waals surface area contributed by atoms with Crippen LogP contribution in [0, 0.1) is 12.8 Å². The second-order valence-electron chi connectivity index (χ2n) is 6.01. The molecular weight excluding hydrogens is 238 g/mol. The number of aromatic nitrogens is 2. The molecule has 0 atom stereocenters. The summed E-state index contributed by atoms with van der Waals surface area (Å²) in [5.74, 6) is 3.06. The van der Waals surface area contributed by atoms with Crippen molar-refractivity contribution in [3.8, 4) is 0 Å². The molecular formula is C14H27N5. The average Bonchev–Trinajstić information content (AvgIpc) is 2.24. The van der Waals surface area contributed by atoms with Gasteiger partial charge in [-0.1, -0.05) is 13.8 Å². The third-order valence-electron chi connectivity index (χ3n) is 2.77. The molecule has 19 heavy (non-hydrogen) atoms. The Morgan fingerprint density at radius 1 is 1.26 bits per heavy atom. The first kappa shape index (κ1) is 15.7. The van der Waals surface area contributed by atoms with Gasteiger partial charge in [0.2, 0.25) is 0 Å². The van der Waals surface area contributed by atoms with Gasteiger partial charge in [-0.3, -0.25) is 0 Å². The van der Waals surface area contributed by atoms with E-state index in [1.807, 2.05) is 13.0 Å². The maximum absolute atomic E-state index is 5.62. The van der Waals surface area contributed by atoms with Crippen LogP contribution < -0.4 is 16.4 Å². The number of hydrogen-bond donors (Lipinski definition) is 3. The molecule has 1 aromatic rings. The van der Waals surface area contributed by atoms with Crippen LogP contribution in [-0.4, -0.2) is 28.6 Å². The number of nitrogens with one attached hydrogen (secondary N) is 2. The van der Waals surface area contributed by atoms with Gasteiger partial charge in [0.05, 0.1) is 0 Å². The molecule has 0 radical (unpaired) electrons. The fourth-order valence-corrected chi connectivity index (χ4v) is 1.80. The van der Waals surface area contributed by atoms with Crippen LogP contribution in [0.3, 0.4) is 0 Å². The minimum Gasteiger partial charge on any atom is -0.370 e. The van der Waals surface area contributed by atoms with E-state index in [2.05, 4.69) is 48.3 Å². The van der Waals surface area contributed by atoms with Gasteiger partial charge in [0, 0.05) is 18.2 Å². The molecule has 1 rings (SSSR count). The Morgan fingerprint density at radius 2 is 1.89 bits per heavy atom. The van der Waals surface area contributed by atoms with Crippen LogP contribution in [-0.2, 0) is 0 Å². The van der Waals surface area contributed by atoms with Crippen molar-refractivity contribution in [3.05, 3.63) is 11.9 Å². The van der Waals surface area contributed by atoms with Crippen molar-refractivity contribution in [2.75, 3.05) is 23.7 Å². The minimum atomic E-state index is -0.0646. The fraction of sp³-hybridized carbons (Fsp3) is 0.714. The van der Waals surface area contributed by atoms with E-state index in [0.29, 0.717) is 12.5 Å². The Balaban J connectivity index is 2.78. The van der Waals surface area contributed by atoms with Crippen LogP contribution in [0.1, 0.15) is 39.9 Å². The smallest absolute Gasteiger partial charge is 0.132 e. The van der Waals surface area contributed by atoms with Crippen LogP contribution in [0.4, 0.5) is 11.6 Å². The molecule has 0 unspecified atom stereocenters. The molecule has 0 saturated carbocycles. The van der Waals surface area contributed by atoms with Gasteiger partial charge in [0.1, 0.15) is 17.5 Å². The van der Waals surface area contributed by atoms with E-state index >= 15 is 0 Å². The van der Waals surface area contributed by atoms with Crippen LogP contribution in [0.25, 0.3) is 0 Å². The molecule has 108 valence electrons. The summed E-state index contributed by atoms with van der Waals surface area (Å²) in [5, 5.41) is 6.74. The monoisotopic (exact) mass is 265 g/mol. The summed E-state index contributed by atoms with van der Waals surface area (Å²) in [6.45, 7) is 12.1. The highest BCUT2D eigenvalue weighted by Gasteiger charge is 2.17. The van der Waals surface area contributed by atoms with Crippen molar-refractivity contribution in [3.63, 3.8) is 0 Å². The van der Waals surface area contributed by atoms with Gasteiger partial charge < -0.3 is 16.4 Å². The highest BCUT2D eigenvalue weighted by atomic mass is 15.1. The van der Waals surface area contributed by atoms with Gasteiger partial charge >= 0.3 is 0 Å². The van der Waals surface area contributed by atoms with E-state index in [0.717, 1.165) is 30.4 Å². The highest BCUT2D eigenvalue weighted by Crippen LogP contribution is 2.18. The van der Waals surface area contributed by atoms with E-state index in [1.165, 1.54) is 0 Å². The molecule has 0 amide bonds. The molecule has 1 aromatic heterocycles. The summed E-state index contributed by atoms with van der Waals surface area (Å²) in [6, 6.07) is 1.95. The topological polar surface area (TPSA) is 75.9 Å². The molecule has 1 heterocycles. The Morgan fingerprint density at radius 3 is 2.47 bits per heavy atom. The molecule has 0 spiro atoms. The Kier molecular flexibility index (Phi) is 5.54. The van der Waals surface area contributed by atoms with E-state index in [4.69, 9.17) is 5.73 Å². The lowest BCUT2D eigenvalue weighted by atomic mass is 10.0. The van der Waals surface area contributed by atoms with E-state index < -0.39 is 0 Å². The summed E-state index contributed by atoms with van der Waals surface area (Å²) in [7, 11) is 0. The lowest BCUT2D eigenvalue weighted by Crippen LogP contribution is -2.34. The summed E-state index contributed by atoms with van der Waals surface area (Å²) in [4.78, 5) is 8.82. The van der Waals surface area contributed by atoms with Gasteiger partial charge in [-0.05, 0) is 39.7 Å². The normalized spacial score (nSPS) is 11.7. The number of rotatable bonds is 7. The zero-order valence-electron chi connectivity index (χ0n) is 12.7. The molecule has 0 fully saturated rings. The lowest BCUT2D eigenvalue weighted by molar-refractivity contribution is 0.524. The standard InChI is InChI=1S/C14H27N5/c1-10(2)9-16-12-8-13(18-11(3)17-12)19-14(4,5)6-7-15/h8,10H,6-7,9,15H2,1-5H3,(H2,16,17,18,19). The molecule has 5 heteroatoms. The van der Waals surface area contributed by atoms with Crippen LogP contribution in [0.2, 0.25) is 0 Å². The van der Waals surface area contributed by atoms with Gasteiger partial charge in [-0.25, -0.2) is 9.97 Å². The minimum absolute atomic E-state index is 0.0646. The number of hydrogen-bond acceptors (Lipinski definition) is 5. The second-order valence-corrected chi connectivity index (χ2v) is 6.01. The van der Waals surface area contributed by atoms with Gasteiger partial charge in [0.25, 0.3) is 0 Å². The number of nitrogens with two attached hydrogens (primary N) is 1.